The smallest absolute Gasteiger partial charge is 0.0431 e. The van der Waals surface area contributed by atoms with Crippen molar-refractivity contribution >= 4 is 0 Å². The maximum Gasteiger partial charge on any atom is 0.0431 e. The lowest BCUT2D eigenvalue weighted by molar-refractivity contribution is 0.273. The van der Waals surface area contributed by atoms with Gasteiger partial charge in [0.05, 0.1) is 0 Å². The molecule has 1 atom stereocenters. The largest absolute Gasteiger partial charge is 0.396 e. The summed E-state index contributed by atoms with van der Waals surface area (Å²) in [5.41, 5.74) is 0. The average molecular weight is 216 g/mol. The summed E-state index contributed by atoms with van der Waals surface area (Å²) in [6.07, 6.45) is 3.19. The molecule has 0 aromatic rings. The van der Waals surface area contributed by atoms with Gasteiger partial charge in [0, 0.05) is 12.6 Å². The third-order valence-electron chi connectivity index (χ3n) is 2.83. The number of rotatable bonds is 10. The Kier molecular flexibility index (Phi) is 10.3. The lowest BCUT2D eigenvalue weighted by Crippen LogP contribution is -2.31. The zero-order chi connectivity index (χ0) is 11.5. The van der Waals surface area contributed by atoms with Gasteiger partial charge in [0.2, 0.25) is 0 Å². The highest BCUT2D eigenvalue weighted by Crippen LogP contribution is 1.96. The highest BCUT2D eigenvalue weighted by molar-refractivity contribution is 4.61. The van der Waals surface area contributed by atoms with Crippen LogP contribution in [0.3, 0.4) is 0 Å². The maximum atomic E-state index is 8.69. The molecule has 0 aromatic heterocycles. The second-order valence-corrected chi connectivity index (χ2v) is 4.10. The molecule has 0 radical (unpaired) electrons. The molecular formula is C12H28N2O. The van der Waals surface area contributed by atoms with Crippen LogP contribution in [0.1, 0.15) is 40.0 Å². The molecule has 0 aliphatic carbocycles. The van der Waals surface area contributed by atoms with Gasteiger partial charge < -0.3 is 15.3 Å². The summed E-state index contributed by atoms with van der Waals surface area (Å²) in [6, 6.07) is 0.536. The standard InChI is InChI=1S/C12H28N2O/c1-4-14(5-2)10-7-9-13-12(3)8-6-11-15/h12-13,15H,4-11H2,1-3H3. The van der Waals surface area contributed by atoms with Crippen LogP contribution < -0.4 is 5.32 Å². The van der Waals surface area contributed by atoms with Gasteiger partial charge in [0.1, 0.15) is 0 Å². The number of hydrogen-bond donors (Lipinski definition) is 2. The zero-order valence-electron chi connectivity index (χ0n) is 10.6. The lowest BCUT2D eigenvalue weighted by atomic mass is 10.2. The lowest BCUT2D eigenvalue weighted by Gasteiger charge is -2.19. The molecule has 0 aliphatic rings. The predicted octanol–water partition coefficient (Wildman–Crippen LogP) is 1.47. The molecule has 0 heterocycles. The summed E-state index contributed by atoms with van der Waals surface area (Å²) in [5.74, 6) is 0. The van der Waals surface area contributed by atoms with E-state index in [1.165, 1.54) is 13.0 Å². The van der Waals surface area contributed by atoms with Gasteiger partial charge >= 0.3 is 0 Å². The van der Waals surface area contributed by atoms with Crippen LogP contribution in [0.4, 0.5) is 0 Å². The highest BCUT2D eigenvalue weighted by Gasteiger charge is 2.01. The SMILES string of the molecule is CCN(CC)CCCNC(C)CCCO. The molecule has 0 saturated heterocycles. The van der Waals surface area contributed by atoms with Crippen molar-refractivity contribution in [3.63, 3.8) is 0 Å². The van der Waals surface area contributed by atoms with E-state index < -0.39 is 0 Å². The Balaban J connectivity index is 3.29. The molecule has 0 saturated carbocycles. The fraction of sp³-hybridized carbons (Fsp3) is 1.00. The van der Waals surface area contributed by atoms with Gasteiger partial charge in [0.25, 0.3) is 0 Å². The monoisotopic (exact) mass is 216 g/mol. The van der Waals surface area contributed by atoms with Crippen LogP contribution >= 0.6 is 0 Å². The van der Waals surface area contributed by atoms with Crippen LogP contribution in [0.5, 0.6) is 0 Å². The molecule has 2 N–H and O–H groups in total. The van der Waals surface area contributed by atoms with Gasteiger partial charge in [-0.15, -0.1) is 0 Å². The molecule has 1 unspecified atom stereocenters. The molecule has 0 rings (SSSR count). The molecule has 0 bridgehead atoms. The van der Waals surface area contributed by atoms with Crippen LogP contribution in [-0.2, 0) is 0 Å². The molecule has 0 fully saturated rings. The van der Waals surface area contributed by atoms with E-state index in [0.29, 0.717) is 12.6 Å². The van der Waals surface area contributed by atoms with Crippen molar-refractivity contribution < 1.29 is 5.11 Å². The van der Waals surface area contributed by atoms with Crippen LogP contribution in [0.2, 0.25) is 0 Å². The number of hydrogen-bond acceptors (Lipinski definition) is 3. The number of nitrogens with zero attached hydrogens (tertiary/aromatic N) is 1. The van der Waals surface area contributed by atoms with Crippen molar-refractivity contribution in [2.75, 3.05) is 32.8 Å². The van der Waals surface area contributed by atoms with Crippen molar-refractivity contribution in [1.82, 2.24) is 10.2 Å². The van der Waals surface area contributed by atoms with E-state index >= 15 is 0 Å². The van der Waals surface area contributed by atoms with E-state index in [1.807, 2.05) is 0 Å². The highest BCUT2D eigenvalue weighted by atomic mass is 16.2. The van der Waals surface area contributed by atoms with Gasteiger partial charge in [-0.3, -0.25) is 0 Å². The van der Waals surface area contributed by atoms with Crippen molar-refractivity contribution in [3.05, 3.63) is 0 Å². The topological polar surface area (TPSA) is 35.5 Å². The third kappa shape index (κ3) is 8.85. The summed E-state index contributed by atoms with van der Waals surface area (Å²) in [5, 5.41) is 12.2. The Labute approximate surface area is 94.9 Å². The van der Waals surface area contributed by atoms with E-state index in [2.05, 4.69) is 31.0 Å². The number of aliphatic hydroxyl groups is 1. The minimum Gasteiger partial charge on any atom is -0.396 e. The molecule has 3 nitrogen and oxygen atoms in total. The zero-order valence-corrected chi connectivity index (χ0v) is 10.6. The Morgan fingerprint density at radius 3 is 2.40 bits per heavy atom. The van der Waals surface area contributed by atoms with E-state index in [-0.39, 0.29) is 0 Å². The second-order valence-electron chi connectivity index (χ2n) is 4.10. The minimum atomic E-state index is 0.311. The predicted molar refractivity (Wildman–Crippen MR) is 66.2 cm³/mol. The summed E-state index contributed by atoms with van der Waals surface area (Å²) in [6.45, 7) is 11.5. The number of aliphatic hydroxyl groups excluding tert-OH is 1. The molecule has 15 heavy (non-hydrogen) atoms. The first-order chi connectivity index (χ1) is 7.24. The van der Waals surface area contributed by atoms with Crippen molar-refractivity contribution in [2.45, 2.75) is 46.1 Å². The fourth-order valence-corrected chi connectivity index (χ4v) is 1.69. The Bertz CT molecular complexity index is 127. The summed E-state index contributed by atoms with van der Waals surface area (Å²) < 4.78 is 0. The molecule has 0 amide bonds. The molecule has 0 spiro atoms. The van der Waals surface area contributed by atoms with Crippen molar-refractivity contribution in [2.24, 2.45) is 0 Å². The Hall–Kier alpha value is -0.120. The van der Waals surface area contributed by atoms with Gasteiger partial charge in [-0.2, -0.15) is 0 Å². The Morgan fingerprint density at radius 1 is 1.20 bits per heavy atom. The van der Waals surface area contributed by atoms with Crippen molar-refractivity contribution in [3.8, 4) is 0 Å². The summed E-state index contributed by atoms with van der Waals surface area (Å²) in [7, 11) is 0. The first-order valence-electron chi connectivity index (χ1n) is 6.31. The second kappa shape index (κ2) is 10.4. The normalized spacial score (nSPS) is 13.4. The van der Waals surface area contributed by atoms with Gasteiger partial charge in [-0.1, -0.05) is 13.8 Å². The molecule has 92 valence electrons. The third-order valence-corrected chi connectivity index (χ3v) is 2.83. The quantitative estimate of drug-likeness (QED) is 0.543. The molecule has 3 heteroatoms. The first-order valence-corrected chi connectivity index (χ1v) is 6.31. The van der Waals surface area contributed by atoms with Crippen molar-refractivity contribution in [1.29, 1.82) is 0 Å². The first kappa shape index (κ1) is 14.9. The van der Waals surface area contributed by atoms with Crippen LogP contribution in [-0.4, -0.2) is 48.8 Å². The molecule has 0 aromatic carbocycles. The molecule has 0 aliphatic heterocycles. The van der Waals surface area contributed by atoms with Gasteiger partial charge in [-0.05, 0) is 52.4 Å². The minimum absolute atomic E-state index is 0.311. The van der Waals surface area contributed by atoms with Gasteiger partial charge in [-0.25, -0.2) is 0 Å². The summed E-state index contributed by atoms with van der Waals surface area (Å²) >= 11 is 0. The van der Waals surface area contributed by atoms with E-state index in [4.69, 9.17) is 5.11 Å². The van der Waals surface area contributed by atoms with E-state index in [1.54, 1.807) is 0 Å². The number of nitrogens with one attached hydrogen (secondary N) is 1. The molecular weight excluding hydrogens is 188 g/mol. The average Bonchev–Trinajstić information content (AvgIpc) is 2.26. The fourth-order valence-electron chi connectivity index (χ4n) is 1.69. The van der Waals surface area contributed by atoms with E-state index in [0.717, 1.165) is 32.5 Å². The van der Waals surface area contributed by atoms with Crippen LogP contribution in [0, 0.1) is 0 Å². The Morgan fingerprint density at radius 2 is 1.87 bits per heavy atom. The van der Waals surface area contributed by atoms with Gasteiger partial charge in [0.15, 0.2) is 0 Å². The maximum absolute atomic E-state index is 8.69. The van der Waals surface area contributed by atoms with Crippen LogP contribution in [0.25, 0.3) is 0 Å². The van der Waals surface area contributed by atoms with Crippen LogP contribution in [0.15, 0.2) is 0 Å². The summed E-state index contributed by atoms with van der Waals surface area (Å²) in [4.78, 5) is 2.44. The van der Waals surface area contributed by atoms with E-state index in [9.17, 15) is 0 Å².